The molecule has 5 heteroatoms. The summed E-state index contributed by atoms with van der Waals surface area (Å²) in [5, 5.41) is 3.18. The van der Waals surface area contributed by atoms with E-state index >= 15 is 0 Å². The van der Waals surface area contributed by atoms with E-state index in [1.54, 1.807) is 12.1 Å². The first kappa shape index (κ1) is 24.5. The molecule has 0 saturated heterocycles. The molecule has 3 rings (SSSR count). The number of hydrogen-bond donors (Lipinski definition) is 2. The highest BCUT2D eigenvalue weighted by molar-refractivity contribution is 5.96. The third-order valence-corrected chi connectivity index (χ3v) is 5.50. The van der Waals surface area contributed by atoms with Gasteiger partial charge in [-0.3, -0.25) is 4.79 Å². The lowest BCUT2D eigenvalue weighted by Crippen LogP contribution is -2.30. The van der Waals surface area contributed by atoms with Crippen molar-refractivity contribution < 1.29 is 13.9 Å². The highest BCUT2D eigenvalue weighted by atomic mass is 19.1. The topological polar surface area (TPSA) is 64.3 Å². The molecule has 0 aliphatic rings. The number of amides is 1. The minimum atomic E-state index is -0.288. The van der Waals surface area contributed by atoms with Crippen molar-refractivity contribution in [1.29, 1.82) is 0 Å². The van der Waals surface area contributed by atoms with Gasteiger partial charge in [-0.05, 0) is 78.7 Å². The second-order valence-electron chi connectivity index (χ2n) is 8.69. The Hall–Kier alpha value is -3.18. The molecule has 0 saturated carbocycles. The van der Waals surface area contributed by atoms with Gasteiger partial charge in [0.15, 0.2) is 0 Å². The van der Waals surface area contributed by atoms with E-state index in [9.17, 15) is 9.18 Å². The highest BCUT2D eigenvalue weighted by Gasteiger charge is 2.20. The molecule has 0 heterocycles. The minimum absolute atomic E-state index is 0.140. The van der Waals surface area contributed by atoms with Gasteiger partial charge < -0.3 is 15.8 Å². The Morgan fingerprint density at radius 2 is 1.76 bits per heavy atom. The van der Waals surface area contributed by atoms with Crippen LogP contribution in [0, 0.1) is 11.7 Å². The third-order valence-electron chi connectivity index (χ3n) is 5.50. The van der Waals surface area contributed by atoms with Crippen molar-refractivity contribution in [3.63, 3.8) is 0 Å². The van der Waals surface area contributed by atoms with Crippen molar-refractivity contribution in [2.45, 2.75) is 45.8 Å². The van der Waals surface area contributed by atoms with Gasteiger partial charge in [-0.15, -0.1) is 0 Å². The summed E-state index contributed by atoms with van der Waals surface area (Å²) in [5.41, 5.74) is 9.12. The van der Waals surface area contributed by atoms with Crippen LogP contribution in [0.1, 0.15) is 59.8 Å². The molecule has 0 bridgehead atoms. The van der Waals surface area contributed by atoms with Crippen LogP contribution in [-0.2, 0) is 13.0 Å². The average molecular weight is 449 g/mol. The lowest BCUT2D eigenvalue weighted by atomic mass is 9.95. The molecular weight excluding hydrogens is 415 g/mol. The monoisotopic (exact) mass is 448 g/mol. The number of rotatable bonds is 11. The Morgan fingerprint density at radius 3 is 2.42 bits per heavy atom. The molecule has 0 fully saturated rings. The van der Waals surface area contributed by atoms with Gasteiger partial charge in [-0.2, -0.15) is 0 Å². The summed E-state index contributed by atoms with van der Waals surface area (Å²) in [6.07, 6.45) is 2.28. The highest BCUT2D eigenvalue weighted by Crippen LogP contribution is 2.24. The number of ether oxygens (including phenoxy) is 1. The molecule has 0 radical (unpaired) electrons. The summed E-state index contributed by atoms with van der Waals surface area (Å²) in [4.78, 5) is 13.4. The molecule has 3 aromatic rings. The quantitative estimate of drug-likeness (QED) is 0.389. The molecule has 1 unspecified atom stereocenters. The Labute approximate surface area is 196 Å². The molecule has 0 aliphatic heterocycles. The zero-order valence-corrected chi connectivity index (χ0v) is 19.4. The normalized spacial score (nSPS) is 11.9. The molecule has 0 aliphatic carbocycles. The number of carbonyl (C=O) groups excluding carboxylic acids is 1. The van der Waals surface area contributed by atoms with Crippen LogP contribution in [0.5, 0.6) is 5.75 Å². The van der Waals surface area contributed by atoms with Crippen molar-refractivity contribution in [2.24, 2.45) is 11.7 Å². The molecule has 3 aromatic carbocycles. The minimum Gasteiger partial charge on any atom is -0.489 e. The van der Waals surface area contributed by atoms with Crippen LogP contribution in [-0.4, -0.2) is 12.5 Å². The molecule has 33 heavy (non-hydrogen) atoms. The molecule has 0 spiro atoms. The summed E-state index contributed by atoms with van der Waals surface area (Å²) < 4.78 is 19.3. The first-order chi connectivity index (χ1) is 16.0. The third kappa shape index (κ3) is 7.43. The summed E-state index contributed by atoms with van der Waals surface area (Å²) in [5.74, 6) is 0.716. The number of halogens is 1. The maximum atomic E-state index is 13.4. The van der Waals surface area contributed by atoms with Gasteiger partial charge in [0.2, 0.25) is 0 Å². The zero-order chi connectivity index (χ0) is 23.6. The van der Waals surface area contributed by atoms with Crippen LogP contribution in [0.4, 0.5) is 4.39 Å². The van der Waals surface area contributed by atoms with Crippen LogP contribution in [0.25, 0.3) is 0 Å². The second-order valence-corrected chi connectivity index (χ2v) is 8.69. The molecule has 174 valence electrons. The van der Waals surface area contributed by atoms with Crippen molar-refractivity contribution >= 4 is 5.91 Å². The van der Waals surface area contributed by atoms with Gasteiger partial charge in [0.25, 0.3) is 5.91 Å². The van der Waals surface area contributed by atoms with Gasteiger partial charge in [0, 0.05) is 5.56 Å². The van der Waals surface area contributed by atoms with Crippen LogP contribution in [0.15, 0.2) is 72.8 Å². The Kier molecular flexibility index (Phi) is 9.02. The van der Waals surface area contributed by atoms with Crippen LogP contribution in [0.3, 0.4) is 0 Å². The molecule has 3 N–H and O–H groups in total. The van der Waals surface area contributed by atoms with Gasteiger partial charge in [0.1, 0.15) is 18.2 Å². The predicted molar refractivity (Wildman–Crippen MR) is 131 cm³/mol. The fraction of sp³-hybridized carbons (Fsp3) is 0.321. The van der Waals surface area contributed by atoms with E-state index in [1.165, 1.54) is 12.1 Å². The molecular formula is C28H33FN2O2. The lowest BCUT2D eigenvalue weighted by Gasteiger charge is -2.22. The van der Waals surface area contributed by atoms with E-state index < -0.39 is 0 Å². The fourth-order valence-electron chi connectivity index (χ4n) is 3.80. The SMILES string of the molecule is CC(C)CC(NC(=O)c1cc(COc2ccccc2)ccc1CCCN)c1ccc(F)cc1. The lowest BCUT2D eigenvalue weighted by molar-refractivity contribution is 0.0930. The number of carbonyl (C=O) groups is 1. The van der Waals surface area contributed by atoms with E-state index in [4.69, 9.17) is 10.5 Å². The molecule has 4 nitrogen and oxygen atoms in total. The number of benzene rings is 3. The fourth-order valence-corrected chi connectivity index (χ4v) is 3.80. The first-order valence-corrected chi connectivity index (χ1v) is 11.5. The van der Waals surface area contributed by atoms with Gasteiger partial charge in [0.05, 0.1) is 6.04 Å². The van der Waals surface area contributed by atoms with E-state index in [-0.39, 0.29) is 17.8 Å². The van der Waals surface area contributed by atoms with Crippen molar-refractivity contribution in [3.05, 3.63) is 101 Å². The van der Waals surface area contributed by atoms with E-state index in [2.05, 4.69) is 19.2 Å². The van der Waals surface area contributed by atoms with Gasteiger partial charge in [-0.1, -0.05) is 56.3 Å². The predicted octanol–water partition coefficient (Wildman–Crippen LogP) is 5.81. The summed E-state index contributed by atoms with van der Waals surface area (Å²) in [7, 11) is 0. The summed E-state index contributed by atoms with van der Waals surface area (Å²) in [6, 6.07) is 21.6. The number of aryl methyl sites for hydroxylation is 1. The van der Waals surface area contributed by atoms with Gasteiger partial charge >= 0.3 is 0 Å². The largest absolute Gasteiger partial charge is 0.489 e. The van der Waals surface area contributed by atoms with Gasteiger partial charge in [-0.25, -0.2) is 4.39 Å². The smallest absolute Gasteiger partial charge is 0.252 e. The Morgan fingerprint density at radius 1 is 1.03 bits per heavy atom. The van der Waals surface area contributed by atoms with E-state index in [1.807, 2.05) is 48.5 Å². The molecule has 0 aromatic heterocycles. The summed E-state index contributed by atoms with van der Waals surface area (Å²) >= 11 is 0. The first-order valence-electron chi connectivity index (χ1n) is 11.5. The second kappa shape index (κ2) is 12.2. The number of hydrogen-bond acceptors (Lipinski definition) is 3. The van der Waals surface area contributed by atoms with Crippen LogP contribution >= 0.6 is 0 Å². The zero-order valence-electron chi connectivity index (χ0n) is 19.4. The van der Waals surface area contributed by atoms with Crippen molar-refractivity contribution in [1.82, 2.24) is 5.32 Å². The van der Waals surface area contributed by atoms with Crippen LogP contribution < -0.4 is 15.8 Å². The van der Waals surface area contributed by atoms with E-state index in [0.717, 1.165) is 41.7 Å². The standard InChI is InChI=1S/C28H33FN2O2/c1-20(2)17-27(23-12-14-24(29)15-13-23)31-28(32)26-18-21(10-11-22(26)7-6-16-30)19-33-25-8-4-3-5-9-25/h3-5,8-15,18,20,27H,6-7,16-17,19,30H2,1-2H3,(H,31,32). The molecule has 1 amide bonds. The average Bonchev–Trinajstić information content (AvgIpc) is 2.82. The van der Waals surface area contributed by atoms with E-state index in [0.29, 0.717) is 24.6 Å². The van der Waals surface area contributed by atoms with Crippen LogP contribution in [0.2, 0.25) is 0 Å². The Bertz CT molecular complexity index is 1020. The van der Waals surface area contributed by atoms with Crippen molar-refractivity contribution in [3.8, 4) is 5.75 Å². The Balaban J connectivity index is 1.83. The maximum Gasteiger partial charge on any atom is 0.252 e. The maximum absolute atomic E-state index is 13.4. The van der Waals surface area contributed by atoms with Crippen molar-refractivity contribution in [2.75, 3.05) is 6.54 Å². The molecule has 1 atom stereocenters. The number of nitrogens with one attached hydrogen (secondary N) is 1. The number of para-hydroxylation sites is 1. The number of nitrogens with two attached hydrogens (primary N) is 1. The summed E-state index contributed by atoms with van der Waals surface area (Å²) in [6.45, 7) is 5.15.